The van der Waals surface area contributed by atoms with Gasteiger partial charge in [-0.2, -0.15) is 0 Å². The van der Waals surface area contributed by atoms with E-state index in [2.05, 4.69) is 5.32 Å². The summed E-state index contributed by atoms with van der Waals surface area (Å²) in [5.41, 5.74) is 0.881. The molecule has 0 amide bonds. The molecule has 0 saturated carbocycles. The Morgan fingerprint density at radius 2 is 2.43 bits per heavy atom. The van der Waals surface area contributed by atoms with Crippen LogP contribution in [0.4, 0.5) is 5.69 Å². The fraction of sp³-hybridized carbons (Fsp3) is 0.400. The second-order valence-corrected chi connectivity index (χ2v) is 3.85. The molecule has 0 spiro atoms. The maximum Gasteiger partial charge on any atom is 0.186 e. The van der Waals surface area contributed by atoms with Gasteiger partial charge in [0.05, 0.1) is 11.1 Å². The molecule has 1 aliphatic rings. The number of alkyl halides is 1. The molecule has 14 heavy (non-hydrogen) atoms. The van der Waals surface area contributed by atoms with Gasteiger partial charge >= 0.3 is 0 Å². The van der Waals surface area contributed by atoms with Crippen molar-refractivity contribution in [3.05, 3.63) is 18.2 Å². The molecule has 0 saturated heterocycles. The van der Waals surface area contributed by atoms with Crippen LogP contribution >= 0.6 is 11.6 Å². The van der Waals surface area contributed by atoms with Crippen molar-refractivity contribution in [1.29, 1.82) is 0 Å². The number of hydrogen-bond acceptors (Lipinski definition) is 3. The molecule has 1 aliphatic heterocycles. The molecule has 76 valence electrons. The van der Waals surface area contributed by atoms with Crippen LogP contribution in [0.2, 0.25) is 0 Å². The minimum Gasteiger partial charge on any atom is -0.508 e. The number of rotatable bonds is 2. The van der Waals surface area contributed by atoms with Crippen LogP contribution in [0.15, 0.2) is 18.2 Å². The number of benzene rings is 1. The van der Waals surface area contributed by atoms with Crippen molar-refractivity contribution >= 4 is 17.3 Å². The Morgan fingerprint density at radius 3 is 3.14 bits per heavy atom. The molecule has 4 heteroatoms. The molecule has 1 aromatic carbocycles. The van der Waals surface area contributed by atoms with Crippen molar-refractivity contribution < 1.29 is 9.84 Å². The van der Waals surface area contributed by atoms with Crippen LogP contribution in [0.1, 0.15) is 13.3 Å². The van der Waals surface area contributed by atoms with Gasteiger partial charge in [-0.3, -0.25) is 0 Å². The zero-order valence-electron chi connectivity index (χ0n) is 7.83. The number of hydrogen-bond donors (Lipinski definition) is 2. The van der Waals surface area contributed by atoms with E-state index in [-0.39, 0.29) is 17.4 Å². The van der Waals surface area contributed by atoms with E-state index in [9.17, 15) is 5.11 Å². The Balaban J connectivity index is 2.17. The van der Waals surface area contributed by atoms with Crippen molar-refractivity contribution in [2.45, 2.75) is 24.9 Å². The van der Waals surface area contributed by atoms with Crippen molar-refractivity contribution in [2.75, 3.05) is 5.32 Å². The van der Waals surface area contributed by atoms with E-state index in [1.54, 1.807) is 18.2 Å². The number of halogens is 1. The molecule has 0 fully saturated rings. The number of aromatic hydroxyl groups is 1. The first-order chi connectivity index (χ1) is 6.70. The summed E-state index contributed by atoms with van der Waals surface area (Å²) in [6, 6.07) is 4.98. The SMILES string of the molecule is CCC(Cl)C1Nc2ccc(O)cc2O1. The highest BCUT2D eigenvalue weighted by atomic mass is 35.5. The third kappa shape index (κ3) is 1.60. The highest BCUT2D eigenvalue weighted by molar-refractivity contribution is 6.21. The fourth-order valence-electron chi connectivity index (χ4n) is 1.43. The minimum atomic E-state index is -0.196. The summed E-state index contributed by atoms with van der Waals surface area (Å²) in [5.74, 6) is 0.864. The Hall–Kier alpha value is -1.09. The summed E-state index contributed by atoms with van der Waals surface area (Å²) in [5, 5.41) is 12.3. The lowest BCUT2D eigenvalue weighted by Crippen LogP contribution is -2.30. The van der Waals surface area contributed by atoms with Crippen LogP contribution in [0.25, 0.3) is 0 Å². The Kier molecular flexibility index (Phi) is 2.42. The third-order valence-electron chi connectivity index (χ3n) is 2.24. The van der Waals surface area contributed by atoms with Crippen LogP contribution in [-0.4, -0.2) is 16.7 Å². The predicted molar refractivity (Wildman–Crippen MR) is 56.1 cm³/mol. The fourth-order valence-corrected chi connectivity index (χ4v) is 1.54. The maximum atomic E-state index is 9.24. The van der Waals surface area contributed by atoms with E-state index in [0.717, 1.165) is 12.1 Å². The molecule has 2 rings (SSSR count). The number of phenols is 1. The van der Waals surface area contributed by atoms with Crippen LogP contribution in [-0.2, 0) is 0 Å². The van der Waals surface area contributed by atoms with Crippen LogP contribution in [0.3, 0.4) is 0 Å². The Bertz CT molecular complexity index is 343. The van der Waals surface area contributed by atoms with Gasteiger partial charge in [-0.05, 0) is 18.6 Å². The number of ether oxygens (including phenoxy) is 1. The van der Waals surface area contributed by atoms with Gasteiger partial charge in [-0.25, -0.2) is 0 Å². The first-order valence-corrected chi connectivity index (χ1v) is 5.04. The molecule has 0 aliphatic carbocycles. The molecular formula is C10H12ClNO2. The highest BCUT2D eigenvalue weighted by Gasteiger charge is 2.27. The summed E-state index contributed by atoms with van der Waals surface area (Å²) in [6.07, 6.45) is 0.637. The van der Waals surface area contributed by atoms with E-state index in [1.165, 1.54) is 0 Å². The summed E-state index contributed by atoms with van der Waals surface area (Å²) >= 11 is 6.05. The lowest BCUT2D eigenvalue weighted by atomic mass is 10.3. The van der Waals surface area contributed by atoms with Gasteiger partial charge in [0.1, 0.15) is 11.5 Å². The second kappa shape index (κ2) is 3.58. The third-order valence-corrected chi connectivity index (χ3v) is 2.77. The molecule has 3 nitrogen and oxygen atoms in total. The average Bonchev–Trinajstić information content (AvgIpc) is 2.59. The van der Waals surface area contributed by atoms with E-state index in [1.807, 2.05) is 6.92 Å². The first-order valence-electron chi connectivity index (χ1n) is 4.61. The molecule has 0 aromatic heterocycles. The summed E-state index contributed by atoms with van der Waals surface area (Å²) in [7, 11) is 0. The van der Waals surface area contributed by atoms with Crippen molar-refractivity contribution in [3.63, 3.8) is 0 Å². The van der Waals surface area contributed by atoms with Gasteiger partial charge in [0.2, 0.25) is 0 Å². The largest absolute Gasteiger partial charge is 0.508 e. The summed E-state index contributed by atoms with van der Waals surface area (Å²) in [4.78, 5) is 0. The minimum absolute atomic E-state index is 0.0652. The quantitative estimate of drug-likeness (QED) is 0.586. The highest BCUT2D eigenvalue weighted by Crippen LogP contribution is 2.36. The number of nitrogens with one attached hydrogen (secondary N) is 1. The lowest BCUT2D eigenvalue weighted by Gasteiger charge is -2.15. The molecular weight excluding hydrogens is 202 g/mol. The lowest BCUT2D eigenvalue weighted by molar-refractivity contribution is 0.244. The van der Waals surface area contributed by atoms with E-state index < -0.39 is 0 Å². The standard InChI is InChI=1S/C10H12ClNO2/c1-2-7(11)10-12-8-4-3-6(13)5-9(8)14-10/h3-5,7,10,12-13H,2H2,1H3. The smallest absolute Gasteiger partial charge is 0.186 e. The average molecular weight is 214 g/mol. The van der Waals surface area contributed by atoms with Gasteiger partial charge in [-0.1, -0.05) is 6.92 Å². The van der Waals surface area contributed by atoms with Gasteiger partial charge in [-0.15, -0.1) is 11.6 Å². The second-order valence-electron chi connectivity index (χ2n) is 3.29. The van der Waals surface area contributed by atoms with Crippen molar-refractivity contribution in [3.8, 4) is 11.5 Å². The molecule has 2 unspecified atom stereocenters. The van der Waals surface area contributed by atoms with E-state index in [0.29, 0.717) is 5.75 Å². The molecule has 1 aromatic rings. The normalized spacial score (nSPS) is 20.9. The molecule has 2 atom stereocenters. The zero-order chi connectivity index (χ0) is 10.1. The van der Waals surface area contributed by atoms with E-state index in [4.69, 9.17) is 16.3 Å². The molecule has 1 heterocycles. The van der Waals surface area contributed by atoms with Crippen molar-refractivity contribution in [2.24, 2.45) is 0 Å². The number of anilines is 1. The zero-order valence-corrected chi connectivity index (χ0v) is 8.58. The molecule has 2 N–H and O–H groups in total. The van der Waals surface area contributed by atoms with Crippen LogP contribution in [0, 0.1) is 0 Å². The van der Waals surface area contributed by atoms with E-state index >= 15 is 0 Å². The van der Waals surface area contributed by atoms with Crippen molar-refractivity contribution in [1.82, 2.24) is 0 Å². The number of fused-ring (bicyclic) bond motifs is 1. The maximum absolute atomic E-state index is 9.24. The number of phenolic OH excluding ortho intramolecular Hbond substituents is 1. The Labute approximate surface area is 87.6 Å². The van der Waals surface area contributed by atoms with Crippen LogP contribution < -0.4 is 10.1 Å². The van der Waals surface area contributed by atoms with Crippen LogP contribution in [0.5, 0.6) is 11.5 Å². The topological polar surface area (TPSA) is 41.5 Å². The monoisotopic (exact) mass is 213 g/mol. The molecule has 0 bridgehead atoms. The summed E-state index contributed by atoms with van der Waals surface area (Å²) in [6.45, 7) is 2.00. The van der Waals surface area contributed by atoms with Gasteiger partial charge in [0.25, 0.3) is 0 Å². The van der Waals surface area contributed by atoms with Gasteiger partial charge < -0.3 is 15.2 Å². The summed E-state index contributed by atoms with van der Waals surface area (Å²) < 4.78 is 5.54. The van der Waals surface area contributed by atoms with Gasteiger partial charge in [0.15, 0.2) is 6.23 Å². The Morgan fingerprint density at radius 1 is 1.64 bits per heavy atom. The molecule has 0 radical (unpaired) electrons. The first kappa shape index (κ1) is 9.46. The van der Waals surface area contributed by atoms with Gasteiger partial charge in [0, 0.05) is 6.07 Å². The predicted octanol–water partition coefficient (Wildman–Crippen LogP) is 2.54.